The average molecular weight is 321 g/mol. The lowest BCUT2D eigenvalue weighted by molar-refractivity contribution is 0.0895. The van der Waals surface area contributed by atoms with Crippen LogP contribution in [0.4, 0.5) is 0 Å². The lowest BCUT2D eigenvalue weighted by Crippen LogP contribution is -2.05. The number of carbonyl (C=O) groups excluding carboxylic acids is 1. The van der Waals surface area contributed by atoms with Crippen molar-refractivity contribution in [3.05, 3.63) is 17.5 Å². The van der Waals surface area contributed by atoms with Crippen molar-refractivity contribution in [2.75, 3.05) is 19.8 Å². The highest BCUT2D eigenvalue weighted by Crippen LogP contribution is 2.27. The second-order valence-corrected chi connectivity index (χ2v) is 6.86. The summed E-state index contributed by atoms with van der Waals surface area (Å²) in [7, 11) is 0. The molecule has 2 fully saturated rings. The van der Waals surface area contributed by atoms with Crippen LogP contribution >= 0.6 is 0 Å². The first-order chi connectivity index (χ1) is 11.3. The summed E-state index contributed by atoms with van der Waals surface area (Å²) >= 11 is 0. The van der Waals surface area contributed by atoms with Gasteiger partial charge in [-0.15, -0.1) is 0 Å². The molecular weight excluding hydrogens is 294 g/mol. The number of aromatic nitrogens is 1. The highest BCUT2D eigenvalue weighted by atomic mass is 16.5. The van der Waals surface area contributed by atoms with Crippen molar-refractivity contribution in [3.8, 4) is 0 Å². The highest BCUT2D eigenvalue weighted by Gasteiger charge is 2.19. The molecule has 1 unspecified atom stereocenters. The maximum absolute atomic E-state index is 12.1. The number of nitrogens with zero attached hydrogens (tertiary/aromatic N) is 1. The second kappa shape index (κ2) is 8.60. The Kier molecular flexibility index (Phi) is 6.22. The molecule has 1 saturated carbocycles. The van der Waals surface area contributed by atoms with Crippen molar-refractivity contribution in [1.82, 2.24) is 5.16 Å². The first-order valence-corrected chi connectivity index (χ1v) is 8.95. The van der Waals surface area contributed by atoms with Crippen LogP contribution in [0.25, 0.3) is 0 Å². The van der Waals surface area contributed by atoms with Crippen molar-refractivity contribution in [1.29, 1.82) is 0 Å². The smallest absolute Gasteiger partial charge is 0.184 e. The summed E-state index contributed by atoms with van der Waals surface area (Å²) in [4.78, 5) is 12.1. The molecule has 3 rings (SSSR count). The number of hydrogen-bond donors (Lipinski definition) is 0. The summed E-state index contributed by atoms with van der Waals surface area (Å²) in [5.41, 5.74) is 0.429. The Balaban J connectivity index is 1.34. The second-order valence-electron chi connectivity index (χ2n) is 6.86. The largest absolute Gasteiger partial charge is 0.381 e. The van der Waals surface area contributed by atoms with Gasteiger partial charge in [0.2, 0.25) is 0 Å². The van der Waals surface area contributed by atoms with Crippen LogP contribution in [-0.4, -0.2) is 30.8 Å². The topological polar surface area (TPSA) is 61.6 Å². The van der Waals surface area contributed by atoms with Crippen molar-refractivity contribution < 1.29 is 18.8 Å². The van der Waals surface area contributed by atoms with Gasteiger partial charge in [0, 0.05) is 32.3 Å². The highest BCUT2D eigenvalue weighted by molar-refractivity contribution is 5.94. The fourth-order valence-electron chi connectivity index (χ4n) is 3.51. The standard InChI is InChI=1S/C18H27NO4/c20-18(6-5-15-8-10-21-12-15)17-11-16(23-19-17)13-22-9-7-14-3-1-2-4-14/h11,14-15H,1-10,12-13H2. The van der Waals surface area contributed by atoms with E-state index in [-0.39, 0.29) is 5.78 Å². The molecule has 0 N–H and O–H groups in total. The molecule has 0 amide bonds. The maximum Gasteiger partial charge on any atom is 0.184 e. The third-order valence-corrected chi connectivity index (χ3v) is 5.04. The molecule has 0 aromatic carbocycles. The zero-order chi connectivity index (χ0) is 15.9. The number of ketones is 1. The Hall–Kier alpha value is -1.20. The molecule has 5 heteroatoms. The molecule has 2 aliphatic rings. The number of hydrogen-bond acceptors (Lipinski definition) is 5. The Bertz CT molecular complexity index is 487. The maximum atomic E-state index is 12.1. The van der Waals surface area contributed by atoms with Gasteiger partial charge in [0.25, 0.3) is 0 Å². The van der Waals surface area contributed by atoms with E-state index in [1.807, 2.05) is 0 Å². The third kappa shape index (κ3) is 5.15. The fourth-order valence-corrected chi connectivity index (χ4v) is 3.51. The lowest BCUT2D eigenvalue weighted by Gasteiger charge is -2.07. The van der Waals surface area contributed by atoms with Crippen LogP contribution in [0.3, 0.4) is 0 Å². The summed E-state index contributed by atoms with van der Waals surface area (Å²) in [6, 6.07) is 1.73. The number of rotatable bonds is 9. The van der Waals surface area contributed by atoms with Crippen LogP contribution in [0.5, 0.6) is 0 Å². The van der Waals surface area contributed by atoms with E-state index in [0.717, 1.165) is 45.0 Å². The van der Waals surface area contributed by atoms with Crippen LogP contribution < -0.4 is 0 Å². The molecule has 2 heterocycles. The van der Waals surface area contributed by atoms with E-state index in [4.69, 9.17) is 14.0 Å². The van der Waals surface area contributed by atoms with Gasteiger partial charge in [0.15, 0.2) is 11.5 Å². The summed E-state index contributed by atoms with van der Waals surface area (Å²) in [6.45, 7) is 2.77. The van der Waals surface area contributed by atoms with E-state index in [1.54, 1.807) is 6.07 Å². The first-order valence-electron chi connectivity index (χ1n) is 8.95. The molecule has 1 aliphatic carbocycles. The minimum absolute atomic E-state index is 0.0536. The monoisotopic (exact) mass is 321 g/mol. The van der Waals surface area contributed by atoms with Gasteiger partial charge in [0.1, 0.15) is 12.3 Å². The van der Waals surface area contributed by atoms with Gasteiger partial charge in [-0.1, -0.05) is 30.8 Å². The van der Waals surface area contributed by atoms with E-state index < -0.39 is 0 Å². The molecule has 0 bridgehead atoms. The van der Waals surface area contributed by atoms with Gasteiger partial charge in [-0.2, -0.15) is 0 Å². The lowest BCUT2D eigenvalue weighted by atomic mass is 10.00. The first kappa shape index (κ1) is 16.7. The average Bonchev–Trinajstić information content (AvgIpc) is 3.32. The fraction of sp³-hybridized carbons (Fsp3) is 0.778. The molecule has 128 valence electrons. The number of ether oxygens (including phenoxy) is 2. The molecular formula is C18H27NO4. The summed E-state index contributed by atoms with van der Waals surface area (Å²) < 4.78 is 16.2. The SMILES string of the molecule is O=C(CCC1CCOC1)c1cc(COCCC2CCCC2)on1. The summed E-state index contributed by atoms with van der Waals surface area (Å²) in [5.74, 6) is 2.05. The van der Waals surface area contributed by atoms with Gasteiger partial charge >= 0.3 is 0 Å². The van der Waals surface area contributed by atoms with E-state index in [0.29, 0.717) is 30.4 Å². The van der Waals surface area contributed by atoms with Gasteiger partial charge in [-0.25, -0.2) is 0 Å². The Morgan fingerprint density at radius 2 is 2.09 bits per heavy atom. The van der Waals surface area contributed by atoms with Crippen LogP contribution in [-0.2, 0) is 16.1 Å². The van der Waals surface area contributed by atoms with E-state index in [9.17, 15) is 4.79 Å². The van der Waals surface area contributed by atoms with Crippen LogP contribution in [0.15, 0.2) is 10.6 Å². The third-order valence-electron chi connectivity index (χ3n) is 5.04. The summed E-state index contributed by atoms with van der Waals surface area (Å²) in [5, 5.41) is 3.88. The quantitative estimate of drug-likeness (QED) is 0.512. The van der Waals surface area contributed by atoms with Gasteiger partial charge < -0.3 is 14.0 Å². The predicted octanol–water partition coefficient (Wildman–Crippen LogP) is 3.77. The van der Waals surface area contributed by atoms with Gasteiger partial charge in [-0.3, -0.25) is 4.79 Å². The Labute approximate surface area is 137 Å². The molecule has 1 saturated heterocycles. The van der Waals surface area contributed by atoms with Crippen LogP contribution in [0, 0.1) is 11.8 Å². The minimum Gasteiger partial charge on any atom is -0.381 e. The molecule has 1 aliphatic heterocycles. The minimum atomic E-state index is 0.0536. The van der Waals surface area contributed by atoms with E-state index >= 15 is 0 Å². The Morgan fingerprint density at radius 3 is 2.87 bits per heavy atom. The number of carbonyl (C=O) groups is 1. The van der Waals surface area contributed by atoms with Gasteiger partial charge in [0.05, 0.1) is 0 Å². The molecule has 1 aromatic rings. The van der Waals surface area contributed by atoms with Crippen LogP contribution in [0.1, 0.15) is 67.6 Å². The van der Waals surface area contributed by atoms with E-state index in [1.165, 1.54) is 25.7 Å². The normalized spacial score (nSPS) is 22.0. The molecule has 23 heavy (non-hydrogen) atoms. The molecule has 5 nitrogen and oxygen atoms in total. The van der Waals surface area contributed by atoms with Crippen molar-refractivity contribution in [3.63, 3.8) is 0 Å². The van der Waals surface area contributed by atoms with E-state index in [2.05, 4.69) is 5.16 Å². The molecule has 0 spiro atoms. The summed E-state index contributed by atoms with van der Waals surface area (Å²) in [6.07, 6.45) is 9.00. The van der Waals surface area contributed by atoms with Crippen molar-refractivity contribution >= 4 is 5.78 Å². The van der Waals surface area contributed by atoms with Crippen molar-refractivity contribution in [2.45, 2.75) is 58.0 Å². The molecule has 1 aromatic heterocycles. The Morgan fingerprint density at radius 1 is 1.22 bits per heavy atom. The molecule has 0 radical (unpaired) electrons. The van der Waals surface area contributed by atoms with Crippen molar-refractivity contribution in [2.24, 2.45) is 11.8 Å². The molecule has 1 atom stereocenters. The number of Topliss-reactive ketones (excluding diaryl/α,β-unsaturated/α-hetero) is 1. The predicted molar refractivity (Wildman–Crippen MR) is 85.2 cm³/mol. The van der Waals surface area contributed by atoms with Gasteiger partial charge in [-0.05, 0) is 31.1 Å². The zero-order valence-electron chi connectivity index (χ0n) is 13.8. The van der Waals surface area contributed by atoms with Crippen LogP contribution in [0.2, 0.25) is 0 Å². The zero-order valence-corrected chi connectivity index (χ0v) is 13.8.